The number of carbonyl (C=O) groups is 1. The number of nitrogens with one attached hydrogen (secondary N) is 3. The molecule has 2 aromatic rings. The molecule has 1 amide bonds. The highest BCUT2D eigenvalue weighted by Crippen LogP contribution is 2.15. The normalized spacial score (nSPS) is 10.8. The van der Waals surface area contributed by atoms with Gasteiger partial charge in [-0.15, -0.1) is 12.4 Å². The lowest BCUT2D eigenvalue weighted by Crippen LogP contribution is -2.39. The van der Waals surface area contributed by atoms with Crippen LogP contribution in [0.1, 0.15) is 18.2 Å². The minimum atomic E-state index is -3.96. The minimum Gasteiger partial charge on any atom is -0.368 e. The number of anilines is 1. The van der Waals surface area contributed by atoms with Gasteiger partial charge in [-0.3, -0.25) is 24.6 Å². The van der Waals surface area contributed by atoms with E-state index in [9.17, 15) is 18.0 Å². The van der Waals surface area contributed by atoms with E-state index in [0.717, 1.165) is 5.56 Å². The fourth-order valence-corrected chi connectivity index (χ4v) is 3.97. The topological polar surface area (TPSA) is 160 Å². The van der Waals surface area contributed by atoms with Gasteiger partial charge in [-0.2, -0.15) is 0 Å². The van der Waals surface area contributed by atoms with Crippen LogP contribution in [0.25, 0.3) is 0 Å². The van der Waals surface area contributed by atoms with Gasteiger partial charge >= 0.3 is 0 Å². The Morgan fingerprint density at radius 1 is 1.24 bits per heavy atom. The lowest BCUT2D eigenvalue weighted by Gasteiger charge is -2.19. The number of sulfonamides is 1. The summed E-state index contributed by atoms with van der Waals surface area (Å²) in [5.74, 6) is -0.700. The standard InChI is InChI=1S/C20H28N6O5S.ClH/c1-4-26(20(21)22)31-11-10-23-18(27)13-25-15(3)8-9-17(19(25)28)24-32(29,30)16-7-5-6-14(2)12-16;/h5-9,12,24H,4,10-11,13H2,1-3H3,(H3,21,22)(H,23,27);1H. The maximum Gasteiger partial charge on any atom is 0.275 e. The Balaban J connectivity index is 0.00000544. The molecule has 2 rings (SSSR count). The van der Waals surface area contributed by atoms with Crippen molar-refractivity contribution in [3.63, 3.8) is 0 Å². The summed E-state index contributed by atoms with van der Waals surface area (Å²) < 4.78 is 28.8. The highest BCUT2D eigenvalue weighted by Gasteiger charge is 2.18. The third-order valence-electron chi connectivity index (χ3n) is 4.47. The molecule has 33 heavy (non-hydrogen) atoms. The van der Waals surface area contributed by atoms with Crippen LogP contribution in [0.3, 0.4) is 0 Å². The van der Waals surface area contributed by atoms with E-state index in [1.807, 2.05) is 0 Å². The monoisotopic (exact) mass is 500 g/mol. The maximum absolute atomic E-state index is 12.8. The maximum atomic E-state index is 12.8. The molecule has 0 saturated carbocycles. The quantitative estimate of drug-likeness (QED) is 0.163. The molecule has 0 saturated heterocycles. The van der Waals surface area contributed by atoms with Gasteiger partial charge in [0, 0.05) is 18.8 Å². The van der Waals surface area contributed by atoms with Crippen LogP contribution in [0, 0.1) is 19.3 Å². The number of hydrogen-bond acceptors (Lipinski definition) is 6. The molecule has 11 nitrogen and oxygen atoms in total. The van der Waals surface area contributed by atoms with Crippen molar-refractivity contribution in [2.75, 3.05) is 24.4 Å². The summed E-state index contributed by atoms with van der Waals surface area (Å²) in [6.45, 7) is 5.47. The van der Waals surface area contributed by atoms with Gasteiger partial charge in [0.05, 0.1) is 11.5 Å². The second kappa shape index (κ2) is 12.2. The molecule has 0 unspecified atom stereocenters. The smallest absolute Gasteiger partial charge is 0.275 e. The number of halogens is 1. The molecular weight excluding hydrogens is 472 g/mol. The van der Waals surface area contributed by atoms with Crippen molar-refractivity contribution in [2.24, 2.45) is 5.73 Å². The van der Waals surface area contributed by atoms with E-state index in [-0.39, 0.29) is 48.6 Å². The van der Waals surface area contributed by atoms with Gasteiger partial charge in [-0.05, 0) is 50.6 Å². The number of amides is 1. The largest absolute Gasteiger partial charge is 0.368 e. The number of rotatable bonds is 10. The van der Waals surface area contributed by atoms with Gasteiger partial charge in [0.1, 0.15) is 12.2 Å². The average Bonchev–Trinajstić information content (AvgIpc) is 2.73. The van der Waals surface area contributed by atoms with Gasteiger partial charge in [0.2, 0.25) is 11.9 Å². The molecule has 0 atom stereocenters. The fourth-order valence-electron chi connectivity index (χ4n) is 2.81. The van der Waals surface area contributed by atoms with Crippen molar-refractivity contribution in [1.29, 1.82) is 5.41 Å². The first kappa shape index (κ1) is 27.9. The Kier molecular flexibility index (Phi) is 10.4. The van der Waals surface area contributed by atoms with Crippen LogP contribution in [0.4, 0.5) is 5.69 Å². The van der Waals surface area contributed by atoms with Gasteiger partial charge in [0.25, 0.3) is 15.6 Å². The third-order valence-corrected chi connectivity index (χ3v) is 5.83. The molecule has 0 radical (unpaired) electrons. The molecule has 5 N–H and O–H groups in total. The van der Waals surface area contributed by atoms with Crippen molar-refractivity contribution >= 4 is 40.0 Å². The summed E-state index contributed by atoms with van der Waals surface area (Å²) in [4.78, 5) is 30.4. The number of benzene rings is 1. The number of hydrogen-bond donors (Lipinski definition) is 4. The number of guanidine groups is 1. The van der Waals surface area contributed by atoms with Crippen LogP contribution in [0.15, 0.2) is 46.1 Å². The van der Waals surface area contributed by atoms with Gasteiger partial charge < -0.3 is 15.6 Å². The molecule has 0 spiro atoms. The molecule has 0 aliphatic heterocycles. The number of nitrogens with zero attached hydrogens (tertiary/aromatic N) is 2. The van der Waals surface area contributed by atoms with E-state index in [4.69, 9.17) is 16.0 Å². The van der Waals surface area contributed by atoms with E-state index in [1.54, 1.807) is 39.0 Å². The zero-order valence-corrected chi connectivity index (χ0v) is 20.3. The summed E-state index contributed by atoms with van der Waals surface area (Å²) in [7, 11) is -3.96. The molecule has 182 valence electrons. The fraction of sp³-hybridized carbons (Fsp3) is 0.350. The van der Waals surface area contributed by atoms with Crippen LogP contribution in [-0.2, 0) is 26.2 Å². The summed E-state index contributed by atoms with van der Waals surface area (Å²) in [5, 5.41) is 11.1. The Morgan fingerprint density at radius 2 is 1.94 bits per heavy atom. The van der Waals surface area contributed by atoms with E-state index in [2.05, 4.69) is 10.0 Å². The lowest BCUT2D eigenvalue weighted by molar-refractivity contribution is -0.124. The molecule has 0 bridgehead atoms. The van der Waals surface area contributed by atoms with E-state index in [1.165, 1.54) is 27.8 Å². The van der Waals surface area contributed by atoms with E-state index < -0.39 is 21.5 Å². The van der Waals surface area contributed by atoms with Crippen molar-refractivity contribution in [1.82, 2.24) is 14.9 Å². The number of pyridine rings is 1. The van der Waals surface area contributed by atoms with Crippen LogP contribution >= 0.6 is 12.4 Å². The van der Waals surface area contributed by atoms with Crippen LogP contribution in [0.5, 0.6) is 0 Å². The predicted octanol–water partition coefficient (Wildman–Crippen LogP) is 0.951. The predicted molar refractivity (Wildman–Crippen MR) is 128 cm³/mol. The van der Waals surface area contributed by atoms with Gasteiger partial charge in [0.15, 0.2) is 0 Å². The summed E-state index contributed by atoms with van der Waals surface area (Å²) in [6, 6.07) is 9.23. The number of aryl methyl sites for hydroxylation is 2. The molecule has 1 heterocycles. The molecule has 0 aliphatic carbocycles. The molecule has 0 fully saturated rings. The molecule has 1 aromatic heterocycles. The van der Waals surface area contributed by atoms with Crippen molar-refractivity contribution in [3.05, 3.63) is 58.0 Å². The van der Waals surface area contributed by atoms with Crippen LogP contribution < -0.4 is 21.3 Å². The van der Waals surface area contributed by atoms with Crippen molar-refractivity contribution in [2.45, 2.75) is 32.2 Å². The number of hydroxylamine groups is 2. The molecule has 1 aromatic carbocycles. The molecule has 13 heteroatoms. The van der Waals surface area contributed by atoms with Crippen molar-refractivity contribution in [3.8, 4) is 0 Å². The number of carbonyl (C=O) groups excluding carboxylic acids is 1. The van der Waals surface area contributed by atoms with Gasteiger partial charge in [-0.25, -0.2) is 13.5 Å². The van der Waals surface area contributed by atoms with Crippen LogP contribution in [-0.4, -0.2) is 49.6 Å². The Labute approximate surface area is 198 Å². The first-order chi connectivity index (χ1) is 15.0. The lowest BCUT2D eigenvalue weighted by atomic mass is 10.2. The Morgan fingerprint density at radius 3 is 2.55 bits per heavy atom. The zero-order chi connectivity index (χ0) is 23.9. The number of nitrogens with two attached hydrogens (primary N) is 1. The molecule has 0 aliphatic rings. The highest BCUT2D eigenvalue weighted by atomic mass is 35.5. The number of aromatic nitrogens is 1. The van der Waals surface area contributed by atoms with Gasteiger partial charge in [-0.1, -0.05) is 12.1 Å². The molecular formula is C20H29ClN6O5S. The second-order valence-corrected chi connectivity index (χ2v) is 8.65. The summed E-state index contributed by atoms with van der Waals surface area (Å²) >= 11 is 0. The SMILES string of the molecule is CCN(OCCNC(=O)Cn1c(C)ccc(NS(=O)(=O)c2cccc(C)c2)c1=O)C(=N)N.Cl. The zero-order valence-electron chi connectivity index (χ0n) is 18.6. The van der Waals surface area contributed by atoms with E-state index in [0.29, 0.717) is 12.2 Å². The van der Waals surface area contributed by atoms with E-state index >= 15 is 0 Å². The Hall–Kier alpha value is -3.09. The highest BCUT2D eigenvalue weighted by molar-refractivity contribution is 7.92. The second-order valence-electron chi connectivity index (χ2n) is 6.96. The third kappa shape index (κ3) is 7.77. The first-order valence-corrected chi connectivity index (χ1v) is 11.3. The average molecular weight is 501 g/mol. The first-order valence-electron chi connectivity index (χ1n) is 9.86. The van der Waals surface area contributed by atoms with Crippen LogP contribution in [0.2, 0.25) is 0 Å². The summed E-state index contributed by atoms with van der Waals surface area (Å²) in [6.07, 6.45) is 0. The summed E-state index contributed by atoms with van der Waals surface area (Å²) in [5.41, 5.74) is 5.80. The van der Waals surface area contributed by atoms with Crippen molar-refractivity contribution < 1.29 is 18.0 Å². The Bertz CT molecular complexity index is 1150. The minimum absolute atomic E-state index is 0.